The van der Waals surface area contributed by atoms with Gasteiger partial charge in [-0.2, -0.15) is 5.10 Å². The van der Waals surface area contributed by atoms with Gasteiger partial charge in [0, 0.05) is 35.5 Å². The first-order chi connectivity index (χ1) is 9.06. The zero-order valence-corrected chi connectivity index (χ0v) is 12.6. The Balaban J connectivity index is 1.95. The summed E-state index contributed by atoms with van der Waals surface area (Å²) >= 11 is 3.51. The van der Waals surface area contributed by atoms with Crippen LogP contribution < -0.4 is 5.32 Å². The molecule has 2 rings (SSSR count). The lowest BCUT2D eigenvalue weighted by Gasteiger charge is -2.09. The molecule has 0 aliphatic carbocycles. The molecule has 1 aromatic heterocycles. The first-order valence-electron chi connectivity index (χ1n) is 6.10. The van der Waals surface area contributed by atoms with E-state index in [9.17, 15) is 4.79 Å². The molecule has 5 heteroatoms. The third kappa shape index (κ3) is 3.67. The number of aryl methyl sites for hydroxylation is 3. The topological polar surface area (TPSA) is 46.9 Å². The number of halogens is 1. The monoisotopic (exact) mass is 321 g/mol. The fraction of sp³-hybridized carbons (Fsp3) is 0.286. The van der Waals surface area contributed by atoms with E-state index >= 15 is 0 Å². The molecule has 0 aliphatic rings. The van der Waals surface area contributed by atoms with Crippen molar-refractivity contribution in [3.8, 4) is 0 Å². The molecule has 19 heavy (non-hydrogen) atoms. The number of nitrogens with one attached hydrogen (secondary N) is 1. The Bertz CT molecular complexity index is 555. The Labute approximate surface area is 120 Å². The van der Waals surface area contributed by atoms with E-state index < -0.39 is 0 Å². The van der Waals surface area contributed by atoms with Crippen LogP contribution in [0.1, 0.15) is 17.5 Å². The summed E-state index contributed by atoms with van der Waals surface area (Å²) < 4.78 is 2.83. The second kappa shape index (κ2) is 6.02. The van der Waals surface area contributed by atoms with Crippen LogP contribution in [0, 0.1) is 13.8 Å². The second-order valence-corrected chi connectivity index (χ2v) is 5.28. The number of carbonyl (C=O) groups is 1. The minimum absolute atomic E-state index is 0.00313. The molecule has 1 aromatic carbocycles. The van der Waals surface area contributed by atoms with Gasteiger partial charge >= 0.3 is 0 Å². The van der Waals surface area contributed by atoms with Gasteiger partial charge in [0.15, 0.2) is 0 Å². The van der Waals surface area contributed by atoms with Gasteiger partial charge in [-0.15, -0.1) is 0 Å². The number of benzene rings is 1. The highest BCUT2D eigenvalue weighted by molar-refractivity contribution is 9.10. The van der Waals surface area contributed by atoms with Gasteiger partial charge in [0.05, 0.1) is 0 Å². The van der Waals surface area contributed by atoms with E-state index in [1.54, 1.807) is 10.9 Å². The van der Waals surface area contributed by atoms with Crippen molar-refractivity contribution in [1.29, 1.82) is 0 Å². The van der Waals surface area contributed by atoms with E-state index in [-0.39, 0.29) is 5.91 Å². The molecule has 0 saturated carbocycles. The molecule has 0 spiro atoms. The normalized spacial score (nSPS) is 10.5. The predicted molar refractivity (Wildman–Crippen MR) is 79.1 cm³/mol. The molecule has 2 aromatic rings. The van der Waals surface area contributed by atoms with Gasteiger partial charge < -0.3 is 5.32 Å². The number of carbonyl (C=O) groups excluding carboxylic acids is 1. The van der Waals surface area contributed by atoms with Gasteiger partial charge in [-0.1, -0.05) is 15.9 Å². The van der Waals surface area contributed by atoms with Crippen LogP contribution in [0.5, 0.6) is 0 Å². The summed E-state index contributed by atoms with van der Waals surface area (Å²) in [6.07, 6.45) is 3.97. The number of hydrogen-bond donors (Lipinski definition) is 1. The van der Waals surface area contributed by atoms with Crippen LogP contribution in [0.25, 0.3) is 0 Å². The molecule has 0 unspecified atom stereocenters. The summed E-state index contributed by atoms with van der Waals surface area (Å²) in [5.74, 6) is -0.00313. The Morgan fingerprint density at radius 1 is 1.37 bits per heavy atom. The van der Waals surface area contributed by atoms with Crippen LogP contribution in [-0.4, -0.2) is 15.7 Å². The average molecular weight is 322 g/mol. The van der Waals surface area contributed by atoms with E-state index in [1.165, 1.54) is 0 Å². The molecule has 0 radical (unpaired) electrons. The zero-order valence-electron chi connectivity index (χ0n) is 11.0. The second-order valence-electron chi connectivity index (χ2n) is 4.49. The first kappa shape index (κ1) is 13.8. The SMILES string of the molecule is Cc1cc(NC(=O)CCn2cccn2)cc(C)c1Br. The van der Waals surface area contributed by atoms with Crippen molar-refractivity contribution in [1.82, 2.24) is 9.78 Å². The van der Waals surface area contributed by atoms with Crippen molar-refractivity contribution in [3.63, 3.8) is 0 Å². The minimum Gasteiger partial charge on any atom is -0.326 e. The van der Waals surface area contributed by atoms with Gasteiger partial charge in [-0.05, 0) is 43.2 Å². The maximum atomic E-state index is 11.9. The Morgan fingerprint density at radius 3 is 2.63 bits per heavy atom. The number of nitrogens with zero attached hydrogens (tertiary/aromatic N) is 2. The summed E-state index contributed by atoms with van der Waals surface area (Å²) in [6.45, 7) is 4.61. The quantitative estimate of drug-likeness (QED) is 0.939. The van der Waals surface area contributed by atoms with Crippen molar-refractivity contribution in [2.45, 2.75) is 26.8 Å². The van der Waals surface area contributed by atoms with Crippen molar-refractivity contribution in [2.24, 2.45) is 0 Å². The van der Waals surface area contributed by atoms with Crippen LogP contribution in [0.15, 0.2) is 35.1 Å². The molecule has 1 amide bonds. The molecule has 4 nitrogen and oxygen atoms in total. The molecule has 0 atom stereocenters. The van der Waals surface area contributed by atoms with Gasteiger partial charge in [-0.3, -0.25) is 9.48 Å². The van der Waals surface area contributed by atoms with E-state index in [0.29, 0.717) is 13.0 Å². The molecule has 1 heterocycles. The smallest absolute Gasteiger partial charge is 0.226 e. The van der Waals surface area contributed by atoms with Gasteiger partial charge in [0.25, 0.3) is 0 Å². The molecule has 0 bridgehead atoms. The summed E-state index contributed by atoms with van der Waals surface area (Å²) in [4.78, 5) is 11.9. The number of rotatable bonds is 4. The molecular formula is C14H16BrN3O. The van der Waals surface area contributed by atoms with Crippen molar-refractivity contribution in [3.05, 3.63) is 46.2 Å². The van der Waals surface area contributed by atoms with Crippen molar-refractivity contribution >= 4 is 27.5 Å². The van der Waals surface area contributed by atoms with E-state index in [4.69, 9.17) is 0 Å². The van der Waals surface area contributed by atoms with Crippen LogP contribution in [-0.2, 0) is 11.3 Å². The third-order valence-corrected chi connectivity index (χ3v) is 4.10. The standard InChI is InChI=1S/C14H16BrN3O/c1-10-8-12(9-11(2)14(10)15)17-13(19)4-7-18-6-3-5-16-18/h3,5-6,8-9H,4,7H2,1-2H3,(H,17,19). The summed E-state index contributed by atoms with van der Waals surface area (Å²) in [6, 6.07) is 5.77. The predicted octanol–water partition coefficient (Wildman–Crippen LogP) is 3.29. The molecular weight excluding hydrogens is 306 g/mol. The summed E-state index contributed by atoms with van der Waals surface area (Å²) in [5, 5.41) is 6.98. The highest BCUT2D eigenvalue weighted by atomic mass is 79.9. The first-order valence-corrected chi connectivity index (χ1v) is 6.89. The fourth-order valence-corrected chi connectivity index (χ4v) is 2.12. The summed E-state index contributed by atoms with van der Waals surface area (Å²) in [7, 11) is 0. The van der Waals surface area contributed by atoms with Crippen molar-refractivity contribution < 1.29 is 4.79 Å². The van der Waals surface area contributed by atoms with E-state index in [2.05, 4.69) is 26.3 Å². The van der Waals surface area contributed by atoms with Crippen LogP contribution in [0.2, 0.25) is 0 Å². The van der Waals surface area contributed by atoms with Crippen LogP contribution >= 0.6 is 15.9 Å². The largest absolute Gasteiger partial charge is 0.326 e. The number of aromatic nitrogens is 2. The van der Waals surface area contributed by atoms with Gasteiger partial charge in [0.1, 0.15) is 0 Å². The van der Waals surface area contributed by atoms with Crippen LogP contribution in [0.3, 0.4) is 0 Å². The van der Waals surface area contributed by atoms with Gasteiger partial charge in [0.2, 0.25) is 5.91 Å². The Hall–Kier alpha value is -1.62. The van der Waals surface area contributed by atoms with E-state index in [0.717, 1.165) is 21.3 Å². The van der Waals surface area contributed by atoms with Crippen LogP contribution in [0.4, 0.5) is 5.69 Å². The lowest BCUT2D eigenvalue weighted by Crippen LogP contribution is -2.15. The zero-order chi connectivity index (χ0) is 13.8. The highest BCUT2D eigenvalue weighted by Gasteiger charge is 2.06. The number of hydrogen-bond acceptors (Lipinski definition) is 2. The molecule has 0 saturated heterocycles. The molecule has 0 aliphatic heterocycles. The lowest BCUT2D eigenvalue weighted by molar-refractivity contribution is -0.116. The fourth-order valence-electron chi connectivity index (χ4n) is 1.89. The van der Waals surface area contributed by atoms with E-state index in [1.807, 2.05) is 38.2 Å². The Kier molecular flexibility index (Phi) is 4.37. The maximum absolute atomic E-state index is 11.9. The number of anilines is 1. The molecule has 0 fully saturated rings. The Morgan fingerprint density at radius 2 is 2.05 bits per heavy atom. The summed E-state index contributed by atoms with van der Waals surface area (Å²) in [5.41, 5.74) is 3.06. The molecule has 100 valence electrons. The van der Waals surface area contributed by atoms with Gasteiger partial charge in [-0.25, -0.2) is 0 Å². The lowest BCUT2D eigenvalue weighted by atomic mass is 10.1. The molecule has 1 N–H and O–H groups in total. The average Bonchev–Trinajstić information content (AvgIpc) is 2.86. The van der Waals surface area contributed by atoms with Crippen molar-refractivity contribution in [2.75, 3.05) is 5.32 Å². The maximum Gasteiger partial charge on any atom is 0.226 e. The highest BCUT2D eigenvalue weighted by Crippen LogP contribution is 2.25. The minimum atomic E-state index is -0.00313. The number of amides is 1. The third-order valence-electron chi connectivity index (χ3n) is 2.85.